The molecule has 0 saturated heterocycles. The molecule has 3 nitrogen and oxygen atoms in total. The average Bonchev–Trinajstić information content (AvgIpc) is 2.28. The molecule has 16 heavy (non-hydrogen) atoms. The predicted octanol–water partition coefficient (Wildman–Crippen LogP) is 3.36. The third-order valence-corrected chi connectivity index (χ3v) is 2.65. The van der Waals surface area contributed by atoms with E-state index in [1.54, 1.807) is 13.3 Å². The Morgan fingerprint density at radius 3 is 2.50 bits per heavy atom. The molecule has 0 aliphatic heterocycles. The normalized spacial score (nSPS) is 14.5. The van der Waals surface area contributed by atoms with Gasteiger partial charge in [0, 0.05) is 6.20 Å². The second kappa shape index (κ2) is 6.36. The van der Waals surface area contributed by atoms with Gasteiger partial charge in [0.2, 0.25) is 5.88 Å². The van der Waals surface area contributed by atoms with Crippen LogP contribution >= 0.6 is 0 Å². The van der Waals surface area contributed by atoms with E-state index in [0.29, 0.717) is 12.0 Å². The molecular weight excluding hydrogens is 202 g/mol. The smallest absolute Gasteiger partial charge is 0.219 e. The molecule has 0 unspecified atom stereocenters. The van der Waals surface area contributed by atoms with Crippen LogP contribution in [0.1, 0.15) is 38.7 Å². The zero-order valence-electron chi connectivity index (χ0n) is 10.6. The molecule has 0 spiro atoms. The SMILES string of the molecule is CC.COc1nccc(OC2CCC2)c1C. The van der Waals surface area contributed by atoms with E-state index in [0.717, 1.165) is 11.3 Å². The highest BCUT2D eigenvalue weighted by atomic mass is 16.5. The van der Waals surface area contributed by atoms with Crippen molar-refractivity contribution in [3.05, 3.63) is 17.8 Å². The zero-order chi connectivity index (χ0) is 12.0. The van der Waals surface area contributed by atoms with Gasteiger partial charge in [-0.2, -0.15) is 0 Å². The first-order valence-corrected chi connectivity index (χ1v) is 5.97. The maximum Gasteiger partial charge on any atom is 0.219 e. The third kappa shape index (κ3) is 2.87. The Morgan fingerprint density at radius 1 is 1.31 bits per heavy atom. The van der Waals surface area contributed by atoms with Crippen molar-refractivity contribution in [3.8, 4) is 11.6 Å². The minimum absolute atomic E-state index is 0.404. The summed E-state index contributed by atoms with van der Waals surface area (Å²) < 4.78 is 10.9. The molecule has 0 bridgehead atoms. The van der Waals surface area contributed by atoms with Crippen LogP contribution in [-0.2, 0) is 0 Å². The van der Waals surface area contributed by atoms with Crippen LogP contribution in [0.25, 0.3) is 0 Å². The molecule has 1 aliphatic carbocycles. The van der Waals surface area contributed by atoms with Crippen LogP contribution < -0.4 is 9.47 Å². The summed E-state index contributed by atoms with van der Waals surface area (Å²) in [6.07, 6.45) is 5.75. The Hall–Kier alpha value is -1.25. The maximum atomic E-state index is 5.80. The monoisotopic (exact) mass is 223 g/mol. The van der Waals surface area contributed by atoms with Crippen molar-refractivity contribution in [3.63, 3.8) is 0 Å². The van der Waals surface area contributed by atoms with Crippen molar-refractivity contribution in [2.24, 2.45) is 0 Å². The van der Waals surface area contributed by atoms with Crippen molar-refractivity contribution in [1.29, 1.82) is 0 Å². The summed E-state index contributed by atoms with van der Waals surface area (Å²) in [5, 5.41) is 0. The number of methoxy groups -OCH3 is 1. The second-order valence-electron chi connectivity index (χ2n) is 3.61. The van der Waals surface area contributed by atoms with Crippen LogP contribution in [0.5, 0.6) is 11.6 Å². The van der Waals surface area contributed by atoms with Crippen LogP contribution in [0.4, 0.5) is 0 Å². The lowest BCUT2D eigenvalue weighted by atomic mass is 9.96. The van der Waals surface area contributed by atoms with Crippen molar-refractivity contribution in [2.75, 3.05) is 7.11 Å². The summed E-state index contributed by atoms with van der Waals surface area (Å²) in [5.41, 5.74) is 0.988. The molecule has 1 heterocycles. The number of aromatic nitrogens is 1. The van der Waals surface area contributed by atoms with Gasteiger partial charge >= 0.3 is 0 Å². The molecule has 1 aromatic rings. The summed E-state index contributed by atoms with van der Waals surface area (Å²) in [4.78, 5) is 4.11. The molecule has 3 heteroatoms. The fraction of sp³-hybridized carbons (Fsp3) is 0.615. The Balaban J connectivity index is 0.000000606. The summed E-state index contributed by atoms with van der Waals surface area (Å²) in [6, 6.07) is 1.90. The molecule has 0 aromatic carbocycles. The molecule has 90 valence electrons. The van der Waals surface area contributed by atoms with Gasteiger partial charge in [0.25, 0.3) is 0 Å². The van der Waals surface area contributed by atoms with Gasteiger partial charge in [0.15, 0.2) is 0 Å². The maximum absolute atomic E-state index is 5.80. The van der Waals surface area contributed by atoms with Gasteiger partial charge in [-0.15, -0.1) is 0 Å². The number of hydrogen-bond acceptors (Lipinski definition) is 3. The third-order valence-electron chi connectivity index (χ3n) is 2.65. The Morgan fingerprint density at radius 2 is 2.00 bits per heavy atom. The highest BCUT2D eigenvalue weighted by Gasteiger charge is 2.20. The van der Waals surface area contributed by atoms with Crippen LogP contribution in [-0.4, -0.2) is 18.2 Å². The van der Waals surface area contributed by atoms with Gasteiger partial charge in [-0.25, -0.2) is 4.98 Å². The van der Waals surface area contributed by atoms with Crippen molar-refractivity contribution in [1.82, 2.24) is 4.98 Å². The van der Waals surface area contributed by atoms with Gasteiger partial charge in [0.05, 0.1) is 18.8 Å². The van der Waals surface area contributed by atoms with E-state index >= 15 is 0 Å². The molecule has 1 saturated carbocycles. The topological polar surface area (TPSA) is 31.4 Å². The first-order valence-electron chi connectivity index (χ1n) is 5.97. The predicted molar refractivity (Wildman–Crippen MR) is 65.1 cm³/mol. The van der Waals surface area contributed by atoms with Crippen LogP contribution in [0, 0.1) is 6.92 Å². The summed E-state index contributed by atoms with van der Waals surface area (Å²) >= 11 is 0. The Kier molecular flexibility index (Phi) is 5.09. The number of rotatable bonds is 3. The molecule has 0 amide bonds. The summed E-state index contributed by atoms with van der Waals surface area (Å²) in [7, 11) is 1.63. The number of ether oxygens (including phenoxy) is 2. The van der Waals surface area contributed by atoms with Crippen LogP contribution in [0.2, 0.25) is 0 Å². The molecule has 1 aromatic heterocycles. The molecule has 2 rings (SSSR count). The van der Waals surface area contributed by atoms with Gasteiger partial charge in [-0.1, -0.05) is 13.8 Å². The van der Waals surface area contributed by atoms with Crippen LogP contribution in [0.15, 0.2) is 12.3 Å². The largest absolute Gasteiger partial charge is 0.490 e. The minimum atomic E-state index is 0.404. The fourth-order valence-corrected chi connectivity index (χ4v) is 1.50. The molecule has 1 fully saturated rings. The molecular formula is C13H21NO2. The quantitative estimate of drug-likeness (QED) is 0.787. The standard InChI is InChI=1S/C11H15NO2.C2H6/c1-8-10(14-9-4-3-5-9)6-7-12-11(8)13-2;1-2/h6-7,9H,3-5H2,1-2H3;1-2H3. The molecule has 0 radical (unpaired) electrons. The Labute approximate surface area is 97.8 Å². The summed E-state index contributed by atoms with van der Waals surface area (Å²) in [5.74, 6) is 1.56. The highest BCUT2D eigenvalue weighted by Crippen LogP contribution is 2.30. The van der Waals surface area contributed by atoms with E-state index in [1.807, 2.05) is 26.8 Å². The second-order valence-corrected chi connectivity index (χ2v) is 3.61. The lowest BCUT2D eigenvalue weighted by Crippen LogP contribution is -2.24. The van der Waals surface area contributed by atoms with Gasteiger partial charge in [-0.05, 0) is 32.3 Å². The lowest BCUT2D eigenvalue weighted by molar-refractivity contribution is 0.119. The Bertz CT molecular complexity index is 322. The van der Waals surface area contributed by atoms with Gasteiger partial charge in [-0.3, -0.25) is 0 Å². The zero-order valence-corrected chi connectivity index (χ0v) is 10.6. The van der Waals surface area contributed by atoms with E-state index < -0.39 is 0 Å². The highest BCUT2D eigenvalue weighted by molar-refractivity contribution is 5.38. The van der Waals surface area contributed by atoms with E-state index in [4.69, 9.17) is 9.47 Å². The van der Waals surface area contributed by atoms with E-state index in [9.17, 15) is 0 Å². The van der Waals surface area contributed by atoms with Crippen molar-refractivity contribution in [2.45, 2.75) is 46.1 Å². The van der Waals surface area contributed by atoms with E-state index in [1.165, 1.54) is 19.3 Å². The fourth-order valence-electron chi connectivity index (χ4n) is 1.50. The van der Waals surface area contributed by atoms with Crippen LogP contribution in [0.3, 0.4) is 0 Å². The number of hydrogen-bond donors (Lipinski definition) is 0. The van der Waals surface area contributed by atoms with E-state index in [-0.39, 0.29) is 0 Å². The minimum Gasteiger partial charge on any atom is -0.490 e. The van der Waals surface area contributed by atoms with Gasteiger partial charge < -0.3 is 9.47 Å². The molecule has 0 atom stereocenters. The average molecular weight is 223 g/mol. The van der Waals surface area contributed by atoms with E-state index in [2.05, 4.69) is 4.98 Å². The number of nitrogens with zero attached hydrogens (tertiary/aromatic N) is 1. The number of pyridine rings is 1. The van der Waals surface area contributed by atoms with Crippen molar-refractivity contribution >= 4 is 0 Å². The van der Waals surface area contributed by atoms with Gasteiger partial charge in [0.1, 0.15) is 5.75 Å². The molecule has 0 N–H and O–H groups in total. The molecule has 1 aliphatic rings. The lowest BCUT2D eigenvalue weighted by Gasteiger charge is -2.27. The first-order chi connectivity index (χ1) is 7.81. The first kappa shape index (κ1) is 12.8. The summed E-state index contributed by atoms with van der Waals surface area (Å²) in [6.45, 7) is 5.97. The van der Waals surface area contributed by atoms with Crippen molar-refractivity contribution < 1.29 is 9.47 Å².